The Kier molecular flexibility index (Phi) is 29.9. The number of carbonyl (C=O) groups is 9. The maximum absolute atomic E-state index is 15.2. The molecule has 17 N–H and O–H groups in total. The molecule has 1 heterocycles. The molecule has 4 aromatic rings. The van der Waals surface area contributed by atoms with Crippen LogP contribution in [0.4, 0.5) is 0 Å². The van der Waals surface area contributed by atoms with Crippen LogP contribution in [-0.4, -0.2) is 183 Å². The van der Waals surface area contributed by atoms with Crippen molar-refractivity contribution < 1.29 is 48.3 Å². The summed E-state index contributed by atoms with van der Waals surface area (Å²) in [7, 11) is 7.57. The van der Waals surface area contributed by atoms with Crippen molar-refractivity contribution in [2.24, 2.45) is 32.9 Å². The van der Waals surface area contributed by atoms with E-state index in [0.29, 0.717) is 55.5 Å². The smallest absolute Gasteiger partial charge is 0.303 e. The maximum Gasteiger partial charge on any atom is 0.303 e. The van der Waals surface area contributed by atoms with E-state index in [1.165, 1.54) is 0 Å². The van der Waals surface area contributed by atoms with Gasteiger partial charge in [-0.1, -0.05) is 103 Å². The summed E-state index contributed by atoms with van der Waals surface area (Å²) in [6, 6.07) is 19.3. The topological polar surface area (TPSA) is 405 Å². The van der Waals surface area contributed by atoms with Crippen molar-refractivity contribution in [2.45, 2.75) is 145 Å². The number of nitrogens with zero attached hydrogens (tertiary/aromatic N) is 4. The van der Waals surface area contributed by atoms with E-state index in [1.54, 1.807) is 60.7 Å². The number of guanidine groups is 2. The molecule has 1 aliphatic heterocycles. The van der Waals surface area contributed by atoms with Crippen LogP contribution in [0.25, 0.3) is 10.8 Å². The molecule has 26 nitrogen and oxygen atoms in total. The molecule has 5 rings (SSSR count). The summed E-state index contributed by atoms with van der Waals surface area (Å²) in [6.45, 7) is 1.33. The summed E-state index contributed by atoms with van der Waals surface area (Å²) in [4.78, 5) is 144. The lowest BCUT2D eigenvalue weighted by molar-refractivity contribution is -0.139. The van der Waals surface area contributed by atoms with Gasteiger partial charge < -0.3 is 80.4 Å². The average molecular weight is 1250 g/mol. The molecule has 1 fully saturated rings. The monoisotopic (exact) mass is 1240 g/mol. The molecule has 8 amide bonds. The highest BCUT2D eigenvalue weighted by molar-refractivity contribution is 5.99. The molecule has 90 heavy (non-hydrogen) atoms. The van der Waals surface area contributed by atoms with E-state index < -0.39 is 114 Å². The third-order valence-electron chi connectivity index (χ3n) is 15.1. The number of carboxylic acid groups (broad SMARTS) is 1. The lowest BCUT2D eigenvalue weighted by Crippen LogP contribution is -2.62. The van der Waals surface area contributed by atoms with E-state index in [2.05, 4.69) is 52.5 Å². The van der Waals surface area contributed by atoms with Crippen LogP contribution in [0.5, 0.6) is 0 Å². The van der Waals surface area contributed by atoms with Crippen LogP contribution in [0.2, 0.25) is 0 Å². The molecule has 1 aliphatic rings. The van der Waals surface area contributed by atoms with Crippen molar-refractivity contribution in [1.29, 1.82) is 0 Å². The Balaban J connectivity index is 1.70. The Morgan fingerprint density at radius 3 is 1.06 bits per heavy atom. The minimum absolute atomic E-state index is 0.0125. The fraction of sp³-hybridized carbons (Fsp3) is 0.484. The largest absolute Gasteiger partial charge is 0.481 e. The Morgan fingerprint density at radius 1 is 0.389 bits per heavy atom. The van der Waals surface area contributed by atoms with Crippen LogP contribution in [0.1, 0.15) is 93.7 Å². The van der Waals surface area contributed by atoms with Gasteiger partial charge in [0, 0.05) is 38.8 Å². The molecule has 0 saturated carbocycles. The highest BCUT2D eigenvalue weighted by Crippen LogP contribution is 2.19. The first-order chi connectivity index (χ1) is 43.0. The molecule has 0 bridgehead atoms. The van der Waals surface area contributed by atoms with Gasteiger partial charge in [-0.2, -0.15) is 0 Å². The molecule has 1 saturated heterocycles. The Morgan fingerprint density at radius 2 is 0.700 bits per heavy atom. The molecular formula is C64H92N16O10. The average Bonchev–Trinajstić information content (AvgIpc) is 1.49. The summed E-state index contributed by atoms with van der Waals surface area (Å²) in [6.07, 6.45) is 0.830. The second-order valence-corrected chi connectivity index (χ2v) is 23.2. The highest BCUT2D eigenvalue weighted by atomic mass is 16.4. The number of fused-ring (bicyclic) bond motifs is 1. The van der Waals surface area contributed by atoms with E-state index in [-0.39, 0.29) is 82.8 Å². The number of hydrogen-bond acceptors (Lipinski definition) is 13. The zero-order valence-corrected chi connectivity index (χ0v) is 52.1. The van der Waals surface area contributed by atoms with Gasteiger partial charge in [-0.25, -0.2) is 0 Å². The zero-order valence-electron chi connectivity index (χ0n) is 52.1. The molecule has 0 spiro atoms. The van der Waals surface area contributed by atoms with Crippen molar-refractivity contribution >= 4 is 75.9 Å². The SMILES string of the molecule is CN(C)CCCC[C@@H]1NC(=O)[C@H](Cc2ccc3ccccc3c2)NC(=O)[C@@H](Cc2ccccc2)NC(=O)[C@H](Cc2ccccc2)NC(=O)[C@H](CCC(=O)O)NC(=O)[C@@H](CCCN=C(N)N)NC(=O)[C@H](CCCCN(C)C)NC(=O)[C@@H](CCCN=C(N)N)NC1=O. The number of benzene rings is 4. The van der Waals surface area contributed by atoms with E-state index in [1.807, 2.05) is 80.5 Å². The summed E-state index contributed by atoms with van der Waals surface area (Å²) in [5, 5.41) is 34.1. The molecule has 0 unspecified atom stereocenters. The predicted octanol–water partition coefficient (Wildman–Crippen LogP) is 0.195. The van der Waals surface area contributed by atoms with Crippen LogP contribution < -0.4 is 65.5 Å². The molecule has 0 aliphatic carbocycles. The van der Waals surface area contributed by atoms with Gasteiger partial charge in [0.2, 0.25) is 47.3 Å². The molecule has 4 aromatic carbocycles. The number of unbranched alkanes of at least 4 members (excludes halogenated alkanes) is 2. The fourth-order valence-electron chi connectivity index (χ4n) is 10.3. The van der Waals surface area contributed by atoms with Crippen molar-refractivity contribution in [3.05, 3.63) is 120 Å². The minimum Gasteiger partial charge on any atom is -0.481 e. The minimum atomic E-state index is -1.62. The number of aliphatic carboxylic acids is 1. The lowest BCUT2D eigenvalue weighted by atomic mass is 9.99. The molecule has 26 heteroatoms. The molecular weight excluding hydrogens is 1150 g/mol. The van der Waals surface area contributed by atoms with Gasteiger partial charge in [0.05, 0.1) is 0 Å². The van der Waals surface area contributed by atoms with Crippen LogP contribution in [0.15, 0.2) is 113 Å². The van der Waals surface area contributed by atoms with Gasteiger partial charge in [0.25, 0.3) is 0 Å². The van der Waals surface area contributed by atoms with E-state index in [4.69, 9.17) is 22.9 Å². The number of rotatable bonds is 27. The predicted molar refractivity (Wildman–Crippen MR) is 345 cm³/mol. The lowest BCUT2D eigenvalue weighted by Gasteiger charge is -2.29. The van der Waals surface area contributed by atoms with Crippen molar-refractivity contribution in [3.63, 3.8) is 0 Å². The molecule has 8 atom stereocenters. The quantitative estimate of drug-likeness (QED) is 0.0215. The normalized spacial score (nSPS) is 21.1. The van der Waals surface area contributed by atoms with Gasteiger partial charge in [0.15, 0.2) is 11.9 Å². The van der Waals surface area contributed by atoms with Gasteiger partial charge in [-0.3, -0.25) is 53.1 Å². The number of carboxylic acids is 1. The first-order valence-electron chi connectivity index (χ1n) is 30.7. The second-order valence-electron chi connectivity index (χ2n) is 23.2. The Hall–Kier alpha value is -9.17. The highest BCUT2D eigenvalue weighted by Gasteiger charge is 2.36. The number of carbonyl (C=O) groups excluding carboxylic acids is 8. The summed E-state index contributed by atoms with van der Waals surface area (Å²) >= 11 is 0. The molecule has 488 valence electrons. The third-order valence-corrected chi connectivity index (χ3v) is 15.1. The van der Waals surface area contributed by atoms with E-state index in [0.717, 1.165) is 10.8 Å². The van der Waals surface area contributed by atoms with Crippen LogP contribution in [0.3, 0.4) is 0 Å². The van der Waals surface area contributed by atoms with Gasteiger partial charge in [-0.15, -0.1) is 0 Å². The van der Waals surface area contributed by atoms with Crippen LogP contribution in [0, 0.1) is 0 Å². The maximum atomic E-state index is 15.2. The Bertz CT molecular complexity index is 3070. The second kappa shape index (κ2) is 37.6. The summed E-state index contributed by atoms with van der Waals surface area (Å²) in [5.74, 6) is -8.38. The van der Waals surface area contributed by atoms with Crippen molar-refractivity contribution in [2.75, 3.05) is 54.4 Å². The number of amides is 8. The fourth-order valence-corrected chi connectivity index (χ4v) is 10.3. The third kappa shape index (κ3) is 25.9. The summed E-state index contributed by atoms with van der Waals surface area (Å²) < 4.78 is 0. The summed E-state index contributed by atoms with van der Waals surface area (Å²) in [5.41, 5.74) is 24.4. The van der Waals surface area contributed by atoms with E-state index in [9.17, 15) is 33.9 Å². The van der Waals surface area contributed by atoms with Gasteiger partial charge in [-0.05, 0) is 139 Å². The van der Waals surface area contributed by atoms with Crippen molar-refractivity contribution in [3.8, 4) is 0 Å². The first-order valence-corrected chi connectivity index (χ1v) is 30.7. The number of nitrogens with two attached hydrogens (primary N) is 4. The van der Waals surface area contributed by atoms with Gasteiger partial charge in [0.1, 0.15) is 48.3 Å². The number of hydrogen-bond donors (Lipinski definition) is 13. The van der Waals surface area contributed by atoms with Crippen molar-refractivity contribution in [1.82, 2.24) is 52.3 Å². The van der Waals surface area contributed by atoms with E-state index >= 15 is 14.4 Å². The Labute approximate surface area is 526 Å². The van der Waals surface area contributed by atoms with Crippen LogP contribution >= 0.6 is 0 Å². The van der Waals surface area contributed by atoms with Gasteiger partial charge >= 0.3 is 5.97 Å². The zero-order chi connectivity index (χ0) is 65.5. The molecule has 0 radical (unpaired) electrons. The number of nitrogens with one attached hydrogen (secondary N) is 8. The molecule has 0 aromatic heterocycles. The standard InChI is InChI=1S/C64H92N16O10/c1-79(2)35-15-13-25-46-55(83)73-49(28-18-34-70-64(67)68)58(86)75-50(31-32-54(81)82)59(87)76-51(38-41-19-7-5-8-20-41)61(89)77-52(39-42-21-9-6-10-22-42)62(90)78-53(40-43-29-30-44-23-11-12-24-45(44)37-43)60(88)74-47(26-14-16-36-80(3)4)56(84)72-48(57(85)71-46)27-17-33-69-63(65)66/h5-12,19-24,29-30,37,46-53H,13-18,25-28,31-36,38-40H2,1-4H3,(H,71,85)(H,72,84)(H,73,83)(H,74,88)(H,75,86)(H,76,87)(H,77,89)(H,78,90)(H,81,82)(H4,65,66,69)(H4,67,68,70)/t46-,47-,48+,49+,50-,51-,52+,53-/m0/s1. The first kappa shape index (κ1) is 71.6. The number of aliphatic imine (C=N–C) groups is 2. The van der Waals surface area contributed by atoms with Crippen LogP contribution in [-0.2, 0) is 62.4 Å².